The van der Waals surface area contributed by atoms with E-state index >= 15 is 0 Å². The van der Waals surface area contributed by atoms with Crippen LogP contribution < -0.4 is 14.8 Å². The van der Waals surface area contributed by atoms with Crippen LogP contribution in [0.5, 0.6) is 11.5 Å². The van der Waals surface area contributed by atoms with Crippen LogP contribution in [0.1, 0.15) is 37.8 Å². The number of amides is 2. The molecule has 0 saturated carbocycles. The first-order chi connectivity index (χ1) is 18.3. The lowest BCUT2D eigenvalue weighted by Gasteiger charge is -2.32. The highest BCUT2D eigenvalue weighted by molar-refractivity contribution is 6.42. The van der Waals surface area contributed by atoms with Crippen LogP contribution in [0.25, 0.3) is 0 Å². The minimum Gasteiger partial charge on any atom is -0.497 e. The van der Waals surface area contributed by atoms with Gasteiger partial charge in [-0.3, -0.25) is 9.59 Å². The largest absolute Gasteiger partial charge is 0.497 e. The van der Waals surface area contributed by atoms with Gasteiger partial charge in [-0.2, -0.15) is 0 Å². The van der Waals surface area contributed by atoms with Gasteiger partial charge in [0, 0.05) is 25.4 Å². The molecule has 38 heavy (non-hydrogen) atoms. The van der Waals surface area contributed by atoms with Crippen molar-refractivity contribution in [3.63, 3.8) is 0 Å². The van der Waals surface area contributed by atoms with Crippen LogP contribution in [0.2, 0.25) is 10.0 Å². The summed E-state index contributed by atoms with van der Waals surface area (Å²) < 4.78 is 11.0. The van der Waals surface area contributed by atoms with Crippen LogP contribution >= 0.6 is 23.2 Å². The molecule has 202 valence electrons. The smallest absolute Gasteiger partial charge is 0.243 e. The summed E-state index contributed by atoms with van der Waals surface area (Å²) in [5, 5.41) is 3.82. The molecule has 0 saturated heterocycles. The first-order valence-electron chi connectivity index (χ1n) is 12.6. The monoisotopic (exact) mass is 556 g/mol. The van der Waals surface area contributed by atoms with Gasteiger partial charge in [0.05, 0.1) is 23.8 Å². The van der Waals surface area contributed by atoms with Gasteiger partial charge in [0.25, 0.3) is 0 Å². The summed E-state index contributed by atoms with van der Waals surface area (Å²) in [5.74, 6) is 1.10. The molecule has 0 spiro atoms. The number of ether oxygens (including phenoxy) is 2. The van der Waals surface area contributed by atoms with Gasteiger partial charge in [0.2, 0.25) is 11.8 Å². The van der Waals surface area contributed by atoms with E-state index in [0.717, 1.165) is 16.9 Å². The van der Waals surface area contributed by atoms with Crippen molar-refractivity contribution < 1.29 is 19.1 Å². The molecule has 0 aliphatic heterocycles. The van der Waals surface area contributed by atoms with Gasteiger partial charge in [-0.25, -0.2) is 0 Å². The molecule has 0 aromatic heterocycles. The first kappa shape index (κ1) is 29.3. The van der Waals surface area contributed by atoms with Gasteiger partial charge < -0.3 is 19.7 Å². The number of nitrogens with zero attached hydrogens (tertiary/aromatic N) is 1. The van der Waals surface area contributed by atoms with E-state index in [0.29, 0.717) is 35.2 Å². The Kier molecular flexibility index (Phi) is 11.3. The fraction of sp³-hybridized carbons (Fsp3) is 0.333. The van der Waals surface area contributed by atoms with Gasteiger partial charge in [0.1, 0.15) is 17.5 Å². The molecule has 1 N–H and O–H groups in total. The zero-order valence-electron chi connectivity index (χ0n) is 22.0. The lowest BCUT2D eigenvalue weighted by Crippen LogP contribution is -2.51. The van der Waals surface area contributed by atoms with Crippen LogP contribution in [0.4, 0.5) is 0 Å². The predicted octanol–water partition coefficient (Wildman–Crippen LogP) is 6.33. The summed E-state index contributed by atoms with van der Waals surface area (Å²) in [5.41, 5.74) is 1.75. The Hall–Kier alpha value is -3.22. The minimum atomic E-state index is -0.704. The van der Waals surface area contributed by atoms with Crippen molar-refractivity contribution in [1.29, 1.82) is 0 Å². The Balaban J connectivity index is 1.79. The number of benzene rings is 3. The zero-order valence-corrected chi connectivity index (χ0v) is 23.5. The molecule has 3 rings (SSSR count). The second-order valence-corrected chi connectivity index (χ2v) is 10.1. The van der Waals surface area contributed by atoms with E-state index in [4.69, 9.17) is 32.7 Å². The van der Waals surface area contributed by atoms with Crippen LogP contribution in [-0.4, -0.2) is 42.5 Å². The Bertz CT molecular complexity index is 1190. The fourth-order valence-corrected chi connectivity index (χ4v) is 4.32. The molecule has 0 radical (unpaired) electrons. The molecule has 0 heterocycles. The van der Waals surface area contributed by atoms with E-state index in [1.165, 1.54) is 0 Å². The molecular weight excluding hydrogens is 523 g/mol. The van der Waals surface area contributed by atoms with Crippen molar-refractivity contribution in [2.45, 2.75) is 51.7 Å². The third-order valence-corrected chi connectivity index (χ3v) is 6.64. The molecular formula is C30H34Cl2N2O4. The highest BCUT2D eigenvalue weighted by atomic mass is 35.5. The molecule has 2 amide bonds. The van der Waals surface area contributed by atoms with Crippen molar-refractivity contribution >= 4 is 35.0 Å². The zero-order chi connectivity index (χ0) is 27.5. The number of hydrogen-bond acceptors (Lipinski definition) is 4. The fourth-order valence-electron chi connectivity index (χ4n) is 4.00. The third kappa shape index (κ3) is 8.96. The summed E-state index contributed by atoms with van der Waals surface area (Å²) in [6.45, 7) is 4.39. The first-order valence-corrected chi connectivity index (χ1v) is 13.4. The van der Waals surface area contributed by atoms with E-state index in [1.807, 2.05) is 74.5 Å². The molecule has 0 aliphatic rings. The van der Waals surface area contributed by atoms with E-state index in [1.54, 1.807) is 24.1 Å². The number of carbonyl (C=O) groups is 2. The molecule has 6 nitrogen and oxygen atoms in total. The summed E-state index contributed by atoms with van der Waals surface area (Å²) in [4.78, 5) is 28.7. The molecule has 3 aromatic rings. The number of nitrogens with one attached hydrogen (secondary N) is 1. The topological polar surface area (TPSA) is 67.9 Å². The lowest BCUT2D eigenvalue weighted by molar-refractivity contribution is -0.141. The molecule has 1 atom stereocenters. The number of carbonyl (C=O) groups excluding carboxylic acids is 2. The Morgan fingerprint density at radius 1 is 0.895 bits per heavy atom. The van der Waals surface area contributed by atoms with Crippen molar-refractivity contribution in [2.75, 3.05) is 13.7 Å². The average molecular weight is 558 g/mol. The number of methoxy groups -OCH3 is 1. The second kappa shape index (κ2) is 14.6. The lowest BCUT2D eigenvalue weighted by atomic mass is 10.0. The highest BCUT2D eigenvalue weighted by Gasteiger charge is 2.30. The number of rotatable bonds is 13. The van der Waals surface area contributed by atoms with Crippen molar-refractivity contribution in [3.05, 3.63) is 94.0 Å². The van der Waals surface area contributed by atoms with Crippen LogP contribution in [-0.2, 0) is 22.6 Å². The van der Waals surface area contributed by atoms with Crippen LogP contribution in [0, 0.1) is 0 Å². The van der Waals surface area contributed by atoms with Gasteiger partial charge in [-0.05, 0) is 67.8 Å². The van der Waals surface area contributed by atoms with Crippen LogP contribution in [0.15, 0.2) is 72.8 Å². The van der Waals surface area contributed by atoms with E-state index in [2.05, 4.69) is 5.32 Å². The summed E-state index contributed by atoms with van der Waals surface area (Å²) >= 11 is 12.4. The standard InChI is InChI=1S/C30H34Cl2N2O4/c1-21(2)33-30(36)28(19-22-8-5-4-6-9-22)34(20-23-11-16-26(31)27(32)18-23)29(35)10-7-17-38-25-14-12-24(37-3)13-15-25/h4-6,8-9,11-16,18,21,28H,7,10,17,19-20H2,1-3H3,(H,33,36)/t28-/m1/s1. The summed E-state index contributed by atoms with van der Waals surface area (Å²) in [6, 6.07) is 21.5. The second-order valence-electron chi connectivity index (χ2n) is 9.27. The average Bonchev–Trinajstić information content (AvgIpc) is 2.91. The Labute approximate surface area is 234 Å². The van der Waals surface area contributed by atoms with E-state index < -0.39 is 6.04 Å². The van der Waals surface area contributed by atoms with Crippen molar-refractivity contribution in [2.24, 2.45) is 0 Å². The van der Waals surface area contributed by atoms with Gasteiger partial charge in [0.15, 0.2) is 0 Å². The molecule has 8 heteroatoms. The maximum atomic E-state index is 13.6. The Morgan fingerprint density at radius 2 is 1.58 bits per heavy atom. The molecule has 0 unspecified atom stereocenters. The van der Waals surface area contributed by atoms with Gasteiger partial charge >= 0.3 is 0 Å². The Morgan fingerprint density at radius 3 is 2.21 bits per heavy atom. The maximum Gasteiger partial charge on any atom is 0.243 e. The highest BCUT2D eigenvalue weighted by Crippen LogP contribution is 2.25. The SMILES string of the molecule is COc1ccc(OCCCC(=O)N(Cc2ccc(Cl)c(Cl)c2)[C@H](Cc2ccccc2)C(=O)NC(C)C)cc1. The number of halogens is 2. The minimum absolute atomic E-state index is 0.0689. The quantitative estimate of drug-likeness (QED) is 0.250. The third-order valence-electron chi connectivity index (χ3n) is 5.90. The summed E-state index contributed by atoms with van der Waals surface area (Å²) in [7, 11) is 1.61. The maximum absolute atomic E-state index is 13.6. The van der Waals surface area contributed by atoms with Crippen LogP contribution in [0.3, 0.4) is 0 Å². The predicted molar refractivity (Wildman–Crippen MR) is 152 cm³/mol. The molecule has 3 aromatic carbocycles. The van der Waals surface area contributed by atoms with E-state index in [-0.39, 0.29) is 30.8 Å². The molecule has 0 bridgehead atoms. The summed E-state index contributed by atoms with van der Waals surface area (Å²) in [6.07, 6.45) is 1.10. The van der Waals surface area contributed by atoms with Crippen molar-refractivity contribution in [3.8, 4) is 11.5 Å². The van der Waals surface area contributed by atoms with Crippen molar-refractivity contribution in [1.82, 2.24) is 10.2 Å². The van der Waals surface area contributed by atoms with Gasteiger partial charge in [-0.15, -0.1) is 0 Å². The molecule has 0 aliphatic carbocycles. The van der Waals surface area contributed by atoms with Gasteiger partial charge in [-0.1, -0.05) is 59.6 Å². The molecule has 0 fully saturated rings. The van der Waals surface area contributed by atoms with E-state index in [9.17, 15) is 9.59 Å². The number of hydrogen-bond donors (Lipinski definition) is 1. The normalized spacial score (nSPS) is 11.6.